The molecule has 6 heteroatoms. The molecule has 1 aromatic heterocycles. The first-order valence-corrected chi connectivity index (χ1v) is 5.97. The van der Waals surface area contributed by atoms with Gasteiger partial charge in [-0.15, -0.1) is 0 Å². The fourth-order valence-electron chi connectivity index (χ4n) is 1.88. The topological polar surface area (TPSA) is 87.1 Å². The normalized spacial score (nSPS) is 10.4. The van der Waals surface area contributed by atoms with Crippen molar-refractivity contribution >= 4 is 28.5 Å². The van der Waals surface area contributed by atoms with Crippen LogP contribution >= 0.6 is 0 Å². The Morgan fingerprint density at radius 3 is 2.60 bits per heavy atom. The van der Waals surface area contributed by atoms with Gasteiger partial charge in [-0.05, 0) is 24.3 Å². The number of aromatic amines is 1. The molecule has 6 nitrogen and oxygen atoms in total. The third-order valence-electron chi connectivity index (χ3n) is 2.74. The zero-order valence-electron chi connectivity index (χ0n) is 10.3. The summed E-state index contributed by atoms with van der Waals surface area (Å²) >= 11 is 0. The standard InChI is InChI=1S/C14H11N3O3/c18-13(15-9-5-2-1-3-6-9)16-10-7-4-8-11-12(10)17-14(19)20-11/h1-8H,(H,17,19)(H2,15,16,18). The van der Waals surface area contributed by atoms with Crippen LogP contribution in [0.15, 0.2) is 57.7 Å². The second kappa shape index (κ2) is 4.93. The van der Waals surface area contributed by atoms with Crippen molar-refractivity contribution in [1.29, 1.82) is 0 Å². The summed E-state index contributed by atoms with van der Waals surface area (Å²) in [5.74, 6) is -0.558. The van der Waals surface area contributed by atoms with Crippen LogP contribution in [0.1, 0.15) is 0 Å². The smallest absolute Gasteiger partial charge is 0.408 e. The van der Waals surface area contributed by atoms with Crippen molar-refractivity contribution in [2.24, 2.45) is 0 Å². The molecule has 0 bridgehead atoms. The van der Waals surface area contributed by atoms with Gasteiger partial charge in [0, 0.05) is 5.69 Å². The number of amides is 2. The Hall–Kier alpha value is -3.02. The lowest BCUT2D eigenvalue weighted by Gasteiger charge is -2.07. The first-order chi connectivity index (χ1) is 9.72. The van der Waals surface area contributed by atoms with E-state index in [0.29, 0.717) is 22.5 Å². The summed E-state index contributed by atoms with van der Waals surface area (Å²) in [4.78, 5) is 25.6. The molecule has 0 aliphatic carbocycles. The number of nitrogens with one attached hydrogen (secondary N) is 3. The first-order valence-electron chi connectivity index (χ1n) is 5.97. The van der Waals surface area contributed by atoms with Crippen molar-refractivity contribution in [2.75, 3.05) is 10.6 Å². The molecule has 2 amide bonds. The van der Waals surface area contributed by atoms with Crippen LogP contribution in [-0.2, 0) is 0 Å². The van der Waals surface area contributed by atoms with Crippen LogP contribution in [0.25, 0.3) is 11.1 Å². The van der Waals surface area contributed by atoms with E-state index >= 15 is 0 Å². The minimum Gasteiger partial charge on any atom is -0.408 e. The zero-order chi connectivity index (χ0) is 13.9. The monoisotopic (exact) mass is 269 g/mol. The fourth-order valence-corrected chi connectivity index (χ4v) is 1.88. The number of carbonyl (C=O) groups is 1. The predicted octanol–water partition coefficient (Wildman–Crippen LogP) is 2.77. The van der Waals surface area contributed by atoms with Gasteiger partial charge in [-0.25, -0.2) is 9.59 Å². The molecule has 3 N–H and O–H groups in total. The Morgan fingerprint density at radius 2 is 1.80 bits per heavy atom. The maximum atomic E-state index is 11.9. The van der Waals surface area contributed by atoms with Crippen LogP contribution in [0, 0.1) is 0 Å². The van der Waals surface area contributed by atoms with E-state index in [1.807, 2.05) is 18.2 Å². The average Bonchev–Trinajstić information content (AvgIpc) is 2.81. The number of carbonyl (C=O) groups excluding carboxylic acids is 1. The fraction of sp³-hybridized carbons (Fsp3) is 0. The van der Waals surface area contributed by atoms with Crippen molar-refractivity contribution in [3.63, 3.8) is 0 Å². The lowest BCUT2D eigenvalue weighted by atomic mass is 10.3. The molecule has 100 valence electrons. The summed E-state index contributed by atoms with van der Waals surface area (Å²) in [5, 5.41) is 5.36. The molecule has 3 rings (SSSR count). The number of anilines is 2. The van der Waals surface area contributed by atoms with E-state index in [0.717, 1.165) is 0 Å². The van der Waals surface area contributed by atoms with Crippen molar-refractivity contribution in [3.05, 3.63) is 59.1 Å². The summed E-state index contributed by atoms with van der Waals surface area (Å²) in [5.41, 5.74) is 2.01. The first kappa shape index (κ1) is 12.0. The molecule has 0 spiro atoms. The minimum absolute atomic E-state index is 0.396. The highest BCUT2D eigenvalue weighted by Gasteiger charge is 2.09. The van der Waals surface area contributed by atoms with Gasteiger partial charge in [0.05, 0.1) is 5.69 Å². The van der Waals surface area contributed by atoms with E-state index in [2.05, 4.69) is 15.6 Å². The quantitative estimate of drug-likeness (QED) is 0.668. The molecule has 0 saturated carbocycles. The number of fused-ring (bicyclic) bond motifs is 1. The minimum atomic E-state index is -0.558. The van der Waals surface area contributed by atoms with Crippen LogP contribution in [0.3, 0.4) is 0 Å². The number of H-pyrrole nitrogens is 1. The van der Waals surface area contributed by atoms with Crippen molar-refractivity contribution in [1.82, 2.24) is 4.98 Å². The number of hydrogen-bond acceptors (Lipinski definition) is 3. The second-order valence-corrected chi connectivity index (χ2v) is 4.14. The predicted molar refractivity (Wildman–Crippen MR) is 75.9 cm³/mol. The summed E-state index contributed by atoms with van der Waals surface area (Å²) in [6.07, 6.45) is 0. The molecule has 0 saturated heterocycles. The maximum Gasteiger partial charge on any atom is 0.417 e. The van der Waals surface area contributed by atoms with Gasteiger partial charge < -0.3 is 15.1 Å². The van der Waals surface area contributed by atoms with Gasteiger partial charge in [-0.3, -0.25) is 4.98 Å². The summed E-state index contributed by atoms with van der Waals surface area (Å²) in [6.45, 7) is 0. The molecule has 2 aromatic carbocycles. The Kier molecular flexibility index (Phi) is 2.96. The van der Waals surface area contributed by atoms with Gasteiger partial charge in [0.2, 0.25) is 0 Å². The Balaban J connectivity index is 1.82. The molecule has 0 fully saturated rings. The lowest BCUT2D eigenvalue weighted by molar-refractivity contribution is 0.262. The van der Waals surface area contributed by atoms with Gasteiger partial charge >= 0.3 is 11.8 Å². The van der Waals surface area contributed by atoms with Crippen molar-refractivity contribution < 1.29 is 9.21 Å². The van der Waals surface area contributed by atoms with Crippen molar-refractivity contribution in [3.8, 4) is 0 Å². The Labute approximate surface area is 113 Å². The van der Waals surface area contributed by atoms with E-state index in [9.17, 15) is 9.59 Å². The summed E-state index contributed by atoms with van der Waals surface area (Å²) < 4.78 is 4.93. The van der Waals surface area contributed by atoms with Crippen LogP contribution < -0.4 is 16.4 Å². The number of urea groups is 1. The molecule has 3 aromatic rings. The van der Waals surface area contributed by atoms with Gasteiger partial charge in [-0.1, -0.05) is 24.3 Å². The third-order valence-corrected chi connectivity index (χ3v) is 2.74. The van der Waals surface area contributed by atoms with Gasteiger partial charge in [-0.2, -0.15) is 0 Å². The number of benzene rings is 2. The van der Waals surface area contributed by atoms with Crippen LogP contribution in [0.2, 0.25) is 0 Å². The van der Waals surface area contributed by atoms with Gasteiger partial charge in [0.25, 0.3) is 0 Å². The van der Waals surface area contributed by atoms with E-state index in [4.69, 9.17) is 4.42 Å². The zero-order valence-corrected chi connectivity index (χ0v) is 10.3. The number of aromatic nitrogens is 1. The molecular formula is C14H11N3O3. The number of para-hydroxylation sites is 2. The molecule has 0 unspecified atom stereocenters. The molecule has 0 atom stereocenters. The van der Waals surface area contributed by atoms with E-state index in [1.54, 1.807) is 30.3 Å². The molecule has 0 aliphatic heterocycles. The molecule has 1 heterocycles. The number of hydrogen-bond donors (Lipinski definition) is 3. The van der Waals surface area contributed by atoms with Crippen LogP contribution in [0.4, 0.5) is 16.2 Å². The molecule has 0 aliphatic rings. The molecule has 20 heavy (non-hydrogen) atoms. The highest BCUT2D eigenvalue weighted by molar-refractivity contribution is 6.04. The maximum absolute atomic E-state index is 11.9. The Bertz CT molecular complexity index is 805. The van der Waals surface area contributed by atoms with Crippen LogP contribution in [-0.4, -0.2) is 11.0 Å². The van der Waals surface area contributed by atoms with Gasteiger partial charge in [0.15, 0.2) is 5.58 Å². The molecular weight excluding hydrogens is 258 g/mol. The summed E-state index contributed by atoms with van der Waals surface area (Å²) in [7, 11) is 0. The largest absolute Gasteiger partial charge is 0.417 e. The lowest BCUT2D eigenvalue weighted by Crippen LogP contribution is -2.19. The van der Waals surface area contributed by atoms with E-state index < -0.39 is 11.8 Å². The van der Waals surface area contributed by atoms with E-state index in [-0.39, 0.29) is 0 Å². The van der Waals surface area contributed by atoms with Gasteiger partial charge in [0.1, 0.15) is 5.52 Å². The number of rotatable bonds is 2. The molecule has 0 radical (unpaired) electrons. The summed E-state index contributed by atoms with van der Waals surface area (Å²) in [6, 6.07) is 13.7. The Morgan fingerprint density at radius 1 is 1.00 bits per heavy atom. The van der Waals surface area contributed by atoms with Crippen molar-refractivity contribution in [2.45, 2.75) is 0 Å². The number of oxazole rings is 1. The second-order valence-electron chi connectivity index (χ2n) is 4.14. The van der Waals surface area contributed by atoms with E-state index in [1.165, 1.54) is 0 Å². The highest BCUT2D eigenvalue weighted by Crippen LogP contribution is 2.20. The highest BCUT2D eigenvalue weighted by atomic mass is 16.4. The average molecular weight is 269 g/mol. The van der Waals surface area contributed by atoms with Crippen LogP contribution in [0.5, 0.6) is 0 Å². The third kappa shape index (κ3) is 2.39. The SMILES string of the molecule is O=C(Nc1ccccc1)Nc1cccc2oc(=O)[nH]c12.